The first kappa shape index (κ1) is 9.15. The Morgan fingerprint density at radius 2 is 2.29 bits per heavy atom. The largest absolute Gasteiger partial charge is 0.327 e. The molecule has 0 aromatic carbocycles. The Bertz CT molecular complexity index is 398. The van der Waals surface area contributed by atoms with Crippen molar-refractivity contribution < 1.29 is 0 Å². The fourth-order valence-electron chi connectivity index (χ4n) is 1.19. The van der Waals surface area contributed by atoms with Gasteiger partial charge in [-0.05, 0) is 6.07 Å². The Balaban J connectivity index is 2.19. The lowest BCUT2D eigenvalue weighted by molar-refractivity contribution is 0.741. The number of hydrogen-bond acceptors (Lipinski definition) is 3. The Labute approximate surface area is 86.6 Å². The highest BCUT2D eigenvalue weighted by Crippen LogP contribution is 2.05. The standard InChI is InChI=1S/C9H9ClN4/c10-3-9-4-12-7-14(9)5-8-1-2-11-6-13-8/h1-2,4,6-7H,3,5H2. The normalized spacial score (nSPS) is 10.4. The van der Waals surface area contributed by atoms with Crippen molar-refractivity contribution in [2.75, 3.05) is 0 Å². The Kier molecular flexibility index (Phi) is 2.74. The summed E-state index contributed by atoms with van der Waals surface area (Å²) in [6.45, 7) is 0.685. The van der Waals surface area contributed by atoms with Gasteiger partial charge in [0.25, 0.3) is 0 Å². The molecule has 0 saturated heterocycles. The minimum Gasteiger partial charge on any atom is -0.327 e. The molecular weight excluding hydrogens is 200 g/mol. The lowest BCUT2D eigenvalue weighted by atomic mass is 10.4. The number of imidazole rings is 1. The molecule has 0 aliphatic heterocycles. The third-order valence-corrected chi connectivity index (χ3v) is 2.18. The highest BCUT2D eigenvalue weighted by Gasteiger charge is 2.01. The molecule has 0 spiro atoms. The molecule has 0 aliphatic carbocycles. The van der Waals surface area contributed by atoms with Gasteiger partial charge in [0.1, 0.15) is 6.33 Å². The topological polar surface area (TPSA) is 43.6 Å². The average Bonchev–Trinajstić information content (AvgIpc) is 2.67. The molecular formula is C9H9ClN4. The lowest BCUT2D eigenvalue weighted by Crippen LogP contribution is -2.03. The van der Waals surface area contributed by atoms with E-state index in [0.717, 1.165) is 11.4 Å². The lowest BCUT2D eigenvalue weighted by Gasteiger charge is -2.04. The zero-order valence-corrected chi connectivity index (χ0v) is 8.22. The number of halogens is 1. The van der Waals surface area contributed by atoms with E-state index >= 15 is 0 Å². The molecule has 4 nitrogen and oxygen atoms in total. The fourth-order valence-corrected chi connectivity index (χ4v) is 1.41. The van der Waals surface area contributed by atoms with Gasteiger partial charge in [-0.2, -0.15) is 0 Å². The van der Waals surface area contributed by atoms with Crippen molar-refractivity contribution in [3.05, 3.63) is 42.5 Å². The first-order valence-electron chi connectivity index (χ1n) is 4.20. The van der Waals surface area contributed by atoms with Crippen LogP contribution in [0.3, 0.4) is 0 Å². The first-order valence-corrected chi connectivity index (χ1v) is 4.73. The number of aromatic nitrogens is 4. The van der Waals surface area contributed by atoms with Crippen molar-refractivity contribution in [2.24, 2.45) is 0 Å². The third-order valence-electron chi connectivity index (χ3n) is 1.91. The van der Waals surface area contributed by atoms with E-state index in [-0.39, 0.29) is 0 Å². The minimum atomic E-state index is 0.463. The van der Waals surface area contributed by atoms with Crippen LogP contribution in [0.2, 0.25) is 0 Å². The monoisotopic (exact) mass is 208 g/mol. The van der Waals surface area contributed by atoms with Crippen molar-refractivity contribution in [3.63, 3.8) is 0 Å². The first-order chi connectivity index (χ1) is 6.90. The van der Waals surface area contributed by atoms with E-state index in [9.17, 15) is 0 Å². The van der Waals surface area contributed by atoms with Crippen LogP contribution in [0, 0.1) is 0 Å². The second-order valence-electron chi connectivity index (χ2n) is 2.85. The van der Waals surface area contributed by atoms with E-state index in [1.165, 1.54) is 6.33 Å². The maximum atomic E-state index is 5.75. The molecule has 0 bridgehead atoms. The van der Waals surface area contributed by atoms with Gasteiger partial charge in [0.15, 0.2) is 0 Å². The molecule has 0 amide bonds. The predicted molar refractivity (Wildman–Crippen MR) is 52.9 cm³/mol. The van der Waals surface area contributed by atoms with Crippen LogP contribution >= 0.6 is 11.6 Å². The molecule has 0 aliphatic rings. The summed E-state index contributed by atoms with van der Waals surface area (Å²) in [7, 11) is 0. The summed E-state index contributed by atoms with van der Waals surface area (Å²) in [5.74, 6) is 0.463. The molecule has 2 aromatic heterocycles. The molecule has 0 N–H and O–H groups in total. The Morgan fingerprint density at radius 3 is 3.00 bits per heavy atom. The molecule has 0 fully saturated rings. The minimum absolute atomic E-state index is 0.463. The van der Waals surface area contributed by atoms with Crippen LogP contribution in [0.25, 0.3) is 0 Å². The second kappa shape index (κ2) is 4.19. The molecule has 14 heavy (non-hydrogen) atoms. The molecule has 5 heteroatoms. The van der Waals surface area contributed by atoms with Crippen LogP contribution < -0.4 is 0 Å². The zero-order valence-electron chi connectivity index (χ0n) is 7.47. The number of alkyl halides is 1. The van der Waals surface area contributed by atoms with Crippen LogP contribution in [-0.2, 0) is 12.4 Å². The van der Waals surface area contributed by atoms with Crippen LogP contribution in [0.5, 0.6) is 0 Å². The summed E-state index contributed by atoms with van der Waals surface area (Å²) in [5, 5.41) is 0. The highest BCUT2D eigenvalue weighted by atomic mass is 35.5. The van der Waals surface area contributed by atoms with Crippen molar-refractivity contribution in [1.82, 2.24) is 19.5 Å². The molecule has 2 rings (SSSR count). The van der Waals surface area contributed by atoms with Crippen LogP contribution in [0.4, 0.5) is 0 Å². The Hall–Kier alpha value is -1.42. The zero-order chi connectivity index (χ0) is 9.80. The van der Waals surface area contributed by atoms with Crippen LogP contribution in [0.15, 0.2) is 31.1 Å². The van der Waals surface area contributed by atoms with Gasteiger partial charge in [-0.3, -0.25) is 0 Å². The highest BCUT2D eigenvalue weighted by molar-refractivity contribution is 6.16. The summed E-state index contributed by atoms with van der Waals surface area (Å²) < 4.78 is 1.97. The van der Waals surface area contributed by atoms with Gasteiger partial charge < -0.3 is 4.57 Å². The Morgan fingerprint density at radius 1 is 1.36 bits per heavy atom. The number of hydrogen-bond donors (Lipinski definition) is 0. The maximum Gasteiger partial charge on any atom is 0.115 e. The van der Waals surface area contributed by atoms with E-state index in [4.69, 9.17) is 11.6 Å². The fraction of sp³-hybridized carbons (Fsp3) is 0.222. The summed E-state index contributed by atoms with van der Waals surface area (Å²) in [4.78, 5) is 12.0. The van der Waals surface area contributed by atoms with Crippen molar-refractivity contribution in [2.45, 2.75) is 12.4 Å². The van der Waals surface area contributed by atoms with E-state index in [1.807, 2.05) is 10.6 Å². The third kappa shape index (κ3) is 1.90. The van der Waals surface area contributed by atoms with Crippen LogP contribution in [0.1, 0.15) is 11.4 Å². The summed E-state index contributed by atoms with van der Waals surface area (Å²) in [6.07, 6.45) is 6.76. The number of nitrogens with zero attached hydrogens (tertiary/aromatic N) is 4. The van der Waals surface area contributed by atoms with Crippen LogP contribution in [-0.4, -0.2) is 19.5 Å². The van der Waals surface area contributed by atoms with E-state index < -0.39 is 0 Å². The molecule has 0 unspecified atom stereocenters. The number of rotatable bonds is 3. The SMILES string of the molecule is ClCc1cncn1Cc1ccncn1. The van der Waals surface area contributed by atoms with Crippen molar-refractivity contribution in [1.29, 1.82) is 0 Å². The van der Waals surface area contributed by atoms with Gasteiger partial charge >= 0.3 is 0 Å². The molecule has 0 saturated carbocycles. The van der Waals surface area contributed by atoms with Gasteiger partial charge in [-0.25, -0.2) is 15.0 Å². The van der Waals surface area contributed by atoms with Gasteiger partial charge in [-0.15, -0.1) is 11.6 Å². The van der Waals surface area contributed by atoms with E-state index in [2.05, 4.69) is 15.0 Å². The second-order valence-corrected chi connectivity index (χ2v) is 3.11. The summed E-state index contributed by atoms with van der Waals surface area (Å²) in [6, 6.07) is 1.87. The molecule has 2 heterocycles. The molecule has 2 aromatic rings. The summed E-state index contributed by atoms with van der Waals surface area (Å²) in [5.41, 5.74) is 1.94. The van der Waals surface area contributed by atoms with Crippen molar-refractivity contribution >= 4 is 11.6 Å². The van der Waals surface area contributed by atoms with Crippen molar-refractivity contribution in [3.8, 4) is 0 Å². The van der Waals surface area contributed by atoms with Gasteiger partial charge in [-0.1, -0.05) is 0 Å². The van der Waals surface area contributed by atoms with Gasteiger partial charge in [0, 0.05) is 12.4 Å². The average molecular weight is 209 g/mol. The van der Waals surface area contributed by atoms with Gasteiger partial charge in [0.2, 0.25) is 0 Å². The smallest absolute Gasteiger partial charge is 0.115 e. The van der Waals surface area contributed by atoms with E-state index in [1.54, 1.807) is 18.7 Å². The molecule has 0 radical (unpaired) electrons. The summed E-state index contributed by atoms with van der Waals surface area (Å²) >= 11 is 5.75. The quantitative estimate of drug-likeness (QED) is 0.718. The molecule has 72 valence electrons. The maximum absolute atomic E-state index is 5.75. The van der Waals surface area contributed by atoms with Gasteiger partial charge in [0.05, 0.1) is 30.1 Å². The predicted octanol–water partition coefficient (Wildman–Crippen LogP) is 1.46. The molecule has 0 atom stereocenters. The van der Waals surface area contributed by atoms with E-state index in [0.29, 0.717) is 12.4 Å².